The number of hydrogen-bond donors (Lipinski definition) is 1. The van der Waals surface area contributed by atoms with Gasteiger partial charge in [0.2, 0.25) is 0 Å². The highest BCUT2D eigenvalue weighted by molar-refractivity contribution is 5.52. The number of nitrogens with zero attached hydrogens (tertiary/aromatic N) is 1. The summed E-state index contributed by atoms with van der Waals surface area (Å²) in [6.45, 7) is 0. The van der Waals surface area contributed by atoms with E-state index in [1.807, 2.05) is 0 Å². The van der Waals surface area contributed by atoms with Crippen LogP contribution < -0.4 is 4.90 Å². The van der Waals surface area contributed by atoms with E-state index < -0.39 is 17.5 Å². The zero-order chi connectivity index (χ0) is 10.9. The van der Waals surface area contributed by atoms with E-state index in [0.717, 1.165) is 12.1 Å². The van der Waals surface area contributed by atoms with Crippen molar-refractivity contribution in [3.63, 3.8) is 0 Å². The Hall–Kier alpha value is -1.39. The van der Waals surface area contributed by atoms with Gasteiger partial charge >= 0.3 is 6.18 Å². The number of alkyl halides is 3. The fraction of sp³-hybridized carbons (Fsp3) is 0.333. The van der Waals surface area contributed by atoms with Gasteiger partial charge in [-0.25, -0.2) is 0 Å². The van der Waals surface area contributed by atoms with E-state index in [-0.39, 0.29) is 0 Å². The molecule has 2 nitrogen and oxygen atoms in total. The van der Waals surface area contributed by atoms with Crippen LogP contribution in [0.3, 0.4) is 0 Å². The van der Waals surface area contributed by atoms with Gasteiger partial charge in [0.05, 0.1) is 5.56 Å². The van der Waals surface area contributed by atoms with Crippen molar-refractivity contribution in [2.75, 3.05) is 19.0 Å². The maximum absolute atomic E-state index is 12.3. The van der Waals surface area contributed by atoms with Crippen LogP contribution in [0, 0.1) is 0 Å². The van der Waals surface area contributed by atoms with Crippen LogP contribution in [0.4, 0.5) is 18.9 Å². The summed E-state index contributed by atoms with van der Waals surface area (Å²) in [6, 6.07) is 3.37. The smallest absolute Gasteiger partial charge is 0.420 e. The highest BCUT2D eigenvalue weighted by Gasteiger charge is 2.34. The van der Waals surface area contributed by atoms with Gasteiger partial charge in [-0.2, -0.15) is 13.2 Å². The molecule has 0 unspecified atom stereocenters. The van der Waals surface area contributed by atoms with Gasteiger partial charge in [-0.05, 0) is 18.2 Å². The fourth-order valence-electron chi connectivity index (χ4n) is 1.03. The van der Waals surface area contributed by atoms with Crippen molar-refractivity contribution in [3.8, 4) is 5.75 Å². The summed E-state index contributed by atoms with van der Waals surface area (Å²) in [6.07, 6.45) is -4.52. The first-order valence-corrected chi connectivity index (χ1v) is 3.90. The lowest BCUT2D eigenvalue weighted by Gasteiger charge is -2.15. The van der Waals surface area contributed by atoms with Crippen LogP contribution in [0.15, 0.2) is 18.2 Å². The van der Waals surface area contributed by atoms with Crippen molar-refractivity contribution in [2.24, 2.45) is 0 Å². The monoisotopic (exact) mass is 205 g/mol. The summed E-state index contributed by atoms with van der Waals surface area (Å²) in [4.78, 5) is 1.54. The molecule has 0 fully saturated rings. The molecule has 1 aromatic rings. The van der Waals surface area contributed by atoms with Gasteiger partial charge in [0.25, 0.3) is 0 Å². The average Bonchev–Trinajstić information content (AvgIpc) is 2.02. The first kappa shape index (κ1) is 10.7. The molecule has 1 rings (SSSR count). The molecule has 0 aliphatic rings. The van der Waals surface area contributed by atoms with Crippen molar-refractivity contribution in [1.82, 2.24) is 0 Å². The van der Waals surface area contributed by atoms with Crippen molar-refractivity contribution >= 4 is 5.69 Å². The molecular weight excluding hydrogens is 195 g/mol. The second-order valence-electron chi connectivity index (χ2n) is 3.09. The predicted molar refractivity (Wildman–Crippen MR) is 47.4 cm³/mol. The Bertz CT molecular complexity index is 333. The molecule has 0 bridgehead atoms. The van der Waals surface area contributed by atoms with Crippen molar-refractivity contribution in [1.29, 1.82) is 0 Å². The maximum Gasteiger partial charge on any atom is 0.420 e. The Morgan fingerprint density at radius 1 is 1.21 bits per heavy atom. The summed E-state index contributed by atoms with van der Waals surface area (Å²) < 4.78 is 36.9. The lowest BCUT2D eigenvalue weighted by Crippen LogP contribution is -2.11. The fourth-order valence-corrected chi connectivity index (χ4v) is 1.03. The number of halogens is 3. The molecule has 0 atom stereocenters. The second-order valence-corrected chi connectivity index (χ2v) is 3.09. The van der Waals surface area contributed by atoms with Crippen LogP contribution in [0.1, 0.15) is 5.56 Å². The quantitative estimate of drug-likeness (QED) is 0.761. The molecular formula is C9H10F3NO. The van der Waals surface area contributed by atoms with Crippen LogP contribution in [0.5, 0.6) is 5.75 Å². The average molecular weight is 205 g/mol. The molecule has 5 heteroatoms. The van der Waals surface area contributed by atoms with E-state index in [1.165, 1.54) is 11.0 Å². The highest BCUT2D eigenvalue weighted by Crippen LogP contribution is 2.37. The summed E-state index contributed by atoms with van der Waals surface area (Å²) in [5.41, 5.74) is -0.612. The van der Waals surface area contributed by atoms with Gasteiger partial charge in [0.1, 0.15) is 5.75 Å². The van der Waals surface area contributed by atoms with E-state index in [9.17, 15) is 13.2 Å². The lowest BCUT2D eigenvalue weighted by molar-refractivity contribution is -0.138. The predicted octanol–water partition coefficient (Wildman–Crippen LogP) is 2.48. The molecule has 0 amide bonds. The Labute approximate surface area is 79.6 Å². The topological polar surface area (TPSA) is 23.5 Å². The van der Waals surface area contributed by atoms with E-state index in [2.05, 4.69) is 0 Å². The Kier molecular flexibility index (Phi) is 2.59. The second kappa shape index (κ2) is 3.40. The van der Waals surface area contributed by atoms with Crippen LogP contribution in [0.25, 0.3) is 0 Å². The zero-order valence-electron chi connectivity index (χ0n) is 7.76. The minimum Gasteiger partial charge on any atom is -0.507 e. The number of hydrogen-bond acceptors (Lipinski definition) is 2. The summed E-state index contributed by atoms with van der Waals surface area (Å²) in [5.74, 6) is -0.747. The van der Waals surface area contributed by atoms with E-state index in [1.54, 1.807) is 14.1 Å². The van der Waals surface area contributed by atoms with Crippen molar-refractivity contribution < 1.29 is 18.3 Å². The van der Waals surface area contributed by atoms with Crippen LogP contribution >= 0.6 is 0 Å². The first-order chi connectivity index (χ1) is 6.32. The lowest BCUT2D eigenvalue weighted by atomic mass is 10.1. The molecule has 0 heterocycles. The van der Waals surface area contributed by atoms with Crippen LogP contribution in [0.2, 0.25) is 0 Å². The van der Waals surface area contributed by atoms with Crippen LogP contribution in [-0.4, -0.2) is 19.2 Å². The SMILES string of the molecule is CN(C)c1ccc(O)c(C(F)(F)F)c1. The molecule has 0 spiro atoms. The van der Waals surface area contributed by atoms with Crippen molar-refractivity contribution in [3.05, 3.63) is 23.8 Å². The first-order valence-electron chi connectivity index (χ1n) is 3.90. The van der Waals surface area contributed by atoms with Crippen molar-refractivity contribution in [2.45, 2.75) is 6.18 Å². The number of aromatic hydroxyl groups is 1. The molecule has 0 aromatic heterocycles. The number of phenolic OH excluding ortho intramolecular Hbond substituents is 1. The van der Waals surface area contributed by atoms with Gasteiger partial charge in [-0.1, -0.05) is 0 Å². The molecule has 0 aliphatic heterocycles. The van der Waals surface area contributed by atoms with Gasteiger partial charge in [-0.15, -0.1) is 0 Å². The Balaban J connectivity index is 3.22. The summed E-state index contributed by atoms with van der Waals surface area (Å²) in [7, 11) is 3.26. The molecule has 1 aromatic carbocycles. The molecule has 0 radical (unpaired) electrons. The number of anilines is 1. The van der Waals surface area contributed by atoms with E-state index in [4.69, 9.17) is 5.11 Å². The van der Waals surface area contributed by atoms with Gasteiger partial charge in [0.15, 0.2) is 0 Å². The molecule has 78 valence electrons. The minimum absolute atomic E-state index is 0.398. The normalized spacial score (nSPS) is 11.5. The summed E-state index contributed by atoms with van der Waals surface area (Å²) >= 11 is 0. The number of benzene rings is 1. The number of rotatable bonds is 1. The minimum atomic E-state index is -4.52. The third-order valence-electron chi connectivity index (χ3n) is 1.80. The largest absolute Gasteiger partial charge is 0.507 e. The Morgan fingerprint density at radius 3 is 2.21 bits per heavy atom. The molecule has 14 heavy (non-hydrogen) atoms. The third kappa shape index (κ3) is 2.10. The van der Waals surface area contributed by atoms with E-state index in [0.29, 0.717) is 5.69 Å². The standard InChI is InChI=1S/C9H10F3NO/c1-13(2)6-3-4-8(14)7(5-6)9(10,11)12/h3-5,14H,1-2H3. The molecule has 0 aliphatic carbocycles. The summed E-state index contributed by atoms with van der Waals surface area (Å²) in [5, 5.41) is 9.01. The number of phenols is 1. The highest BCUT2D eigenvalue weighted by atomic mass is 19.4. The maximum atomic E-state index is 12.3. The van der Waals surface area contributed by atoms with Gasteiger partial charge in [0, 0.05) is 19.8 Å². The molecule has 0 saturated carbocycles. The van der Waals surface area contributed by atoms with Crippen LogP contribution in [-0.2, 0) is 6.18 Å². The van der Waals surface area contributed by atoms with E-state index >= 15 is 0 Å². The molecule has 1 N–H and O–H groups in total. The Morgan fingerprint density at radius 2 is 1.79 bits per heavy atom. The zero-order valence-corrected chi connectivity index (χ0v) is 7.76. The van der Waals surface area contributed by atoms with Gasteiger partial charge in [-0.3, -0.25) is 0 Å². The molecule has 0 saturated heterocycles. The third-order valence-corrected chi connectivity index (χ3v) is 1.80. The van der Waals surface area contributed by atoms with Gasteiger partial charge < -0.3 is 10.0 Å².